The van der Waals surface area contributed by atoms with Crippen LogP contribution in [-0.4, -0.2) is 25.7 Å². The van der Waals surface area contributed by atoms with Crippen molar-refractivity contribution in [1.29, 1.82) is 0 Å². The Labute approximate surface area is 79.6 Å². The first kappa shape index (κ1) is 14.4. The second kappa shape index (κ2) is 13.5. The lowest BCUT2D eigenvalue weighted by molar-refractivity contribution is 0.442. The summed E-state index contributed by atoms with van der Waals surface area (Å²) in [6.07, 6.45) is 1.25. The molecule has 0 bridgehead atoms. The summed E-state index contributed by atoms with van der Waals surface area (Å²) in [6, 6.07) is 0.675. The fraction of sp³-hybridized carbons (Fsp3) is 1.00. The minimum absolute atomic E-state index is 0. The molecule has 0 aromatic heterocycles. The molecular formula is C10H28N2. The first-order chi connectivity index (χ1) is 5.81. The molecule has 0 radical (unpaired) electrons. The first-order valence-electron chi connectivity index (χ1n) is 5.25. The molecule has 1 unspecified atom stereocenters. The van der Waals surface area contributed by atoms with Crippen LogP contribution in [0.25, 0.3) is 0 Å². The third-order valence-electron chi connectivity index (χ3n) is 1.25. The molecule has 2 heteroatoms. The number of hydrogen-bond acceptors (Lipinski definition) is 2. The summed E-state index contributed by atoms with van der Waals surface area (Å²) in [6.45, 7) is 13.8. The van der Waals surface area contributed by atoms with Crippen molar-refractivity contribution in [3.63, 3.8) is 0 Å². The number of piperazine rings is 1. The SMILES string of the molecule is CC.CC1CNCCN1.CCC.[HH]. The Morgan fingerprint density at radius 3 is 1.92 bits per heavy atom. The molecule has 0 aliphatic carbocycles. The summed E-state index contributed by atoms with van der Waals surface area (Å²) >= 11 is 0. The van der Waals surface area contributed by atoms with E-state index in [1.54, 1.807) is 0 Å². The largest absolute Gasteiger partial charge is 0.314 e. The highest BCUT2D eigenvalue weighted by atomic mass is 15.0. The van der Waals surface area contributed by atoms with Crippen LogP contribution < -0.4 is 10.6 Å². The molecule has 0 amide bonds. The van der Waals surface area contributed by atoms with Crippen LogP contribution in [0.3, 0.4) is 0 Å². The molecular weight excluding hydrogens is 148 g/mol. The zero-order valence-electron chi connectivity index (χ0n) is 9.41. The summed E-state index contributed by atoms with van der Waals surface area (Å²) in [4.78, 5) is 0. The van der Waals surface area contributed by atoms with Crippen molar-refractivity contribution in [3.8, 4) is 0 Å². The van der Waals surface area contributed by atoms with Gasteiger partial charge in [-0.3, -0.25) is 0 Å². The maximum absolute atomic E-state index is 3.32. The van der Waals surface area contributed by atoms with E-state index >= 15 is 0 Å². The minimum atomic E-state index is 0. The molecule has 0 saturated carbocycles. The predicted molar refractivity (Wildman–Crippen MR) is 59.8 cm³/mol. The van der Waals surface area contributed by atoms with Crippen molar-refractivity contribution < 1.29 is 1.43 Å². The third-order valence-corrected chi connectivity index (χ3v) is 1.25. The molecule has 0 spiro atoms. The number of hydrogen-bond donors (Lipinski definition) is 2. The zero-order chi connectivity index (χ0) is 9.82. The summed E-state index contributed by atoms with van der Waals surface area (Å²) in [5.74, 6) is 0. The van der Waals surface area contributed by atoms with Gasteiger partial charge in [0.1, 0.15) is 0 Å². The highest BCUT2D eigenvalue weighted by molar-refractivity contribution is 4.69. The van der Waals surface area contributed by atoms with Crippen LogP contribution in [0.15, 0.2) is 0 Å². The van der Waals surface area contributed by atoms with Crippen LogP contribution in [0, 0.1) is 0 Å². The van der Waals surface area contributed by atoms with Gasteiger partial charge in [-0.25, -0.2) is 0 Å². The fourth-order valence-electron chi connectivity index (χ4n) is 0.798. The Balaban J connectivity index is -0.000000146. The zero-order valence-corrected chi connectivity index (χ0v) is 9.41. The second-order valence-corrected chi connectivity index (χ2v) is 2.77. The normalized spacial score (nSPS) is 21.2. The van der Waals surface area contributed by atoms with Crippen molar-refractivity contribution in [2.75, 3.05) is 19.6 Å². The van der Waals surface area contributed by atoms with Gasteiger partial charge in [-0.05, 0) is 6.92 Å². The molecule has 1 atom stereocenters. The van der Waals surface area contributed by atoms with Crippen molar-refractivity contribution in [3.05, 3.63) is 0 Å². The molecule has 2 N–H and O–H groups in total. The average molecular weight is 176 g/mol. The molecule has 1 fully saturated rings. The second-order valence-electron chi connectivity index (χ2n) is 2.77. The average Bonchev–Trinajstić information content (AvgIpc) is 2.11. The molecule has 1 heterocycles. The van der Waals surface area contributed by atoms with Crippen LogP contribution in [0.1, 0.15) is 42.5 Å². The van der Waals surface area contributed by atoms with Gasteiger partial charge in [0.15, 0.2) is 0 Å². The Morgan fingerprint density at radius 2 is 1.75 bits per heavy atom. The molecule has 2 nitrogen and oxygen atoms in total. The van der Waals surface area contributed by atoms with E-state index in [1.165, 1.54) is 6.42 Å². The topological polar surface area (TPSA) is 24.1 Å². The van der Waals surface area contributed by atoms with Crippen LogP contribution >= 0.6 is 0 Å². The highest BCUT2D eigenvalue weighted by Gasteiger charge is 2.03. The standard InChI is InChI=1S/C5H12N2.C3H8.C2H6.H2/c1-5-4-6-2-3-7-5;1-3-2;1-2;/h5-7H,2-4H2,1H3;3H2,1-2H3;1-2H3;1H. The molecule has 1 rings (SSSR count). The van der Waals surface area contributed by atoms with Gasteiger partial charge < -0.3 is 10.6 Å². The van der Waals surface area contributed by atoms with E-state index in [9.17, 15) is 0 Å². The van der Waals surface area contributed by atoms with Crippen molar-refractivity contribution in [1.82, 2.24) is 10.6 Å². The van der Waals surface area contributed by atoms with E-state index in [0.717, 1.165) is 19.6 Å². The van der Waals surface area contributed by atoms with Gasteiger partial charge in [0.05, 0.1) is 0 Å². The smallest absolute Gasteiger partial charge is 0.0164 e. The summed E-state index contributed by atoms with van der Waals surface area (Å²) in [7, 11) is 0. The first-order valence-corrected chi connectivity index (χ1v) is 5.25. The number of rotatable bonds is 0. The molecule has 78 valence electrons. The predicted octanol–water partition coefficient (Wildman–Crippen LogP) is 2.26. The van der Waals surface area contributed by atoms with Crippen LogP contribution in [-0.2, 0) is 0 Å². The van der Waals surface area contributed by atoms with E-state index in [1.807, 2.05) is 13.8 Å². The van der Waals surface area contributed by atoms with E-state index in [0.29, 0.717) is 6.04 Å². The Bertz CT molecular complexity index is 63.9. The van der Waals surface area contributed by atoms with Crippen molar-refractivity contribution in [2.24, 2.45) is 0 Å². The van der Waals surface area contributed by atoms with Gasteiger partial charge in [-0.15, -0.1) is 0 Å². The summed E-state index contributed by atoms with van der Waals surface area (Å²) < 4.78 is 0. The van der Waals surface area contributed by atoms with Crippen molar-refractivity contribution in [2.45, 2.75) is 47.1 Å². The Hall–Kier alpha value is -0.0800. The van der Waals surface area contributed by atoms with Gasteiger partial charge in [0.2, 0.25) is 0 Å². The Morgan fingerprint density at radius 1 is 1.25 bits per heavy atom. The van der Waals surface area contributed by atoms with Crippen LogP contribution in [0.5, 0.6) is 0 Å². The molecule has 1 aliphatic heterocycles. The van der Waals surface area contributed by atoms with Gasteiger partial charge >= 0.3 is 0 Å². The molecule has 12 heavy (non-hydrogen) atoms. The maximum atomic E-state index is 3.32. The van der Waals surface area contributed by atoms with Crippen LogP contribution in [0.2, 0.25) is 0 Å². The molecule has 1 aliphatic rings. The lowest BCUT2D eigenvalue weighted by Gasteiger charge is -2.19. The monoisotopic (exact) mass is 176 g/mol. The van der Waals surface area contributed by atoms with Crippen LogP contribution in [0.4, 0.5) is 0 Å². The van der Waals surface area contributed by atoms with E-state index in [4.69, 9.17) is 0 Å². The Kier molecular flexibility index (Phi) is 16.3. The van der Waals surface area contributed by atoms with Gasteiger partial charge in [-0.1, -0.05) is 34.1 Å². The fourth-order valence-corrected chi connectivity index (χ4v) is 0.798. The minimum Gasteiger partial charge on any atom is -0.314 e. The quantitative estimate of drug-likeness (QED) is 0.591. The summed E-state index contributed by atoms with van der Waals surface area (Å²) in [5.41, 5.74) is 0. The maximum Gasteiger partial charge on any atom is 0.0164 e. The van der Waals surface area contributed by atoms with Gasteiger partial charge in [0.25, 0.3) is 0 Å². The molecule has 0 aromatic rings. The molecule has 0 aromatic carbocycles. The third kappa shape index (κ3) is 12.6. The van der Waals surface area contributed by atoms with Crippen molar-refractivity contribution >= 4 is 0 Å². The summed E-state index contributed by atoms with van der Waals surface area (Å²) in [5, 5.41) is 6.59. The lowest BCUT2D eigenvalue weighted by Crippen LogP contribution is -2.46. The van der Waals surface area contributed by atoms with Gasteiger partial charge in [-0.2, -0.15) is 0 Å². The van der Waals surface area contributed by atoms with E-state index in [2.05, 4.69) is 31.4 Å². The lowest BCUT2D eigenvalue weighted by atomic mass is 10.3. The highest BCUT2D eigenvalue weighted by Crippen LogP contribution is 1.80. The van der Waals surface area contributed by atoms with Gasteiger partial charge in [0, 0.05) is 27.1 Å². The molecule has 1 saturated heterocycles. The van der Waals surface area contributed by atoms with E-state index in [-0.39, 0.29) is 1.43 Å². The van der Waals surface area contributed by atoms with E-state index < -0.39 is 0 Å². The number of nitrogens with one attached hydrogen (secondary N) is 2.